The van der Waals surface area contributed by atoms with Crippen LogP contribution in [0.4, 0.5) is 0 Å². The summed E-state index contributed by atoms with van der Waals surface area (Å²) in [7, 11) is -3.55. The molecule has 7 heteroatoms. The summed E-state index contributed by atoms with van der Waals surface area (Å²) in [5.41, 5.74) is 1.14. The van der Waals surface area contributed by atoms with Crippen LogP contribution in [-0.2, 0) is 14.8 Å². The molecular weight excluding hydrogens is 376 g/mol. The normalized spacial score (nSPS) is 17.1. The van der Waals surface area contributed by atoms with Crippen molar-refractivity contribution in [2.45, 2.75) is 31.1 Å². The topological polar surface area (TPSA) is 70.8 Å². The van der Waals surface area contributed by atoms with E-state index in [0.29, 0.717) is 29.7 Å². The number of rotatable bonds is 6. The van der Waals surface area contributed by atoms with E-state index in [1.54, 1.807) is 41.5 Å². The monoisotopic (exact) mass is 402 g/mol. The number of carbonyl (C=O) groups excluding carboxylic acids is 1. The van der Waals surface area contributed by atoms with Gasteiger partial charge in [0.05, 0.1) is 11.2 Å². The summed E-state index contributed by atoms with van der Waals surface area (Å²) in [6.45, 7) is 5.54. The van der Waals surface area contributed by atoms with Crippen LogP contribution in [0.1, 0.15) is 37.5 Å². The molecule has 0 radical (unpaired) electrons. The van der Waals surface area contributed by atoms with Gasteiger partial charge in [0.15, 0.2) is 0 Å². The maximum Gasteiger partial charge on any atom is 0.246 e. The van der Waals surface area contributed by atoms with Gasteiger partial charge in [-0.15, -0.1) is 0 Å². The van der Waals surface area contributed by atoms with Crippen molar-refractivity contribution in [2.24, 2.45) is 0 Å². The second kappa shape index (κ2) is 8.75. The first-order chi connectivity index (χ1) is 13.4. The van der Waals surface area contributed by atoms with Crippen LogP contribution in [0.2, 0.25) is 0 Å². The maximum absolute atomic E-state index is 12.9. The van der Waals surface area contributed by atoms with Gasteiger partial charge in [0.2, 0.25) is 15.9 Å². The Kier molecular flexibility index (Phi) is 6.36. The number of benzene rings is 1. The summed E-state index contributed by atoms with van der Waals surface area (Å²) in [6, 6.07) is 10.7. The molecule has 0 aliphatic carbocycles. The Morgan fingerprint density at radius 2 is 1.82 bits per heavy atom. The summed E-state index contributed by atoms with van der Waals surface area (Å²) < 4.78 is 32.4. The Morgan fingerprint density at radius 3 is 2.39 bits per heavy atom. The predicted octanol–water partition coefficient (Wildman–Crippen LogP) is 3.34. The average Bonchev–Trinajstić information content (AvgIpc) is 3.25. The maximum atomic E-state index is 12.9. The predicted molar refractivity (Wildman–Crippen MR) is 108 cm³/mol. The molecule has 0 saturated carbocycles. The number of amides is 1. The van der Waals surface area contributed by atoms with Gasteiger partial charge in [-0.05, 0) is 48.2 Å². The van der Waals surface area contributed by atoms with E-state index in [1.807, 2.05) is 12.1 Å². The molecule has 1 aliphatic rings. The first kappa shape index (κ1) is 20.4. The van der Waals surface area contributed by atoms with Gasteiger partial charge in [-0.25, -0.2) is 8.42 Å². The van der Waals surface area contributed by atoms with Gasteiger partial charge in [-0.1, -0.05) is 26.0 Å². The number of piperazine rings is 1. The SMILES string of the molecule is CCC(C)c1ccc(S(=O)(=O)N2CCN(C(=O)C=Cc3ccco3)CC2)cc1. The van der Waals surface area contributed by atoms with E-state index in [4.69, 9.17) is 4.42 Å². The minimum absolute atomic E-state index is 0.147. The van der Waals surface area contributed by atoms with E-state index < -0.39 is 10.0 Å². The summed E-state index contributed by atoms with van der Waals surface area (Å²) in [5.74, 6) is 0.863. The molecule has 1 aromatic carbocycles. The summed E-state index contributed by atoms with van der Waals surface area (Å²) in [4.78, 5) is 14.2. The van der Waals surface area contributed by atoms with Crippen LogP contribution in [0.5, 0.6) is 0 Å². The third-order valence-corrected chi connectivity index (χ3v) is 7.10. The molecule has 1 aromatic heterocycles. The fraction of sp³-hybridized carbons (Fsp3) is 0.381. The highest BCUT2D eigenvalue weighted by atomic mass is 32.2. The minimum atomic E-state index is -3.55. The highest BCUT2D eigenvalue weighted by molar-refractivity contribution is 7.89. The third kappa shape index (κ3) is 4.54. The summed E-state index contributed by atoms with van der Waals surface area (Å²) in [6.07, 6.45) is 5.63. The van der Waals surface area contributed by atoms with E-state index in [1.165, 1.54) is 10.4 Å². The molecule has 0 spiro atoms. The second-order valence-corrected chi connectivity index (χ2v) is 8.89. The number of sulfonamides is 1. The molecule has 1 unspecified atom stereocenters. The lowest BCUT2D eigenvalue weighted by atomic mass is 9.99. The molecule has 1 atom stereocenters. The van der Waals surface area contributed by atoms with Gasteiger partial charge in [0.25, 0.3) is 0 Å². The molecule has 1 amide bonds. The first-order valence-corrected chi connectivity index (χ1v) is 11.0. The van der Waals surface area contributed by atoms with Crippen molar-refractivity contribution in [3.05, 3.63) is 60.1 Å². The quantitative estimate of drug-likeness (QED) is 0.695. The lowest BCUT2D eigenvalue weighted by molar-refractivity contribution is -0.127. The highest BCUT2D eigenvalue weighted by Gasteiger charge is 2.29. The Hall–Kier alpha value is -2.38. The van der Waals surface area contributed by atoms with E-state index in [9.17, 15) is 13.2 Å². The van der Waals surface area contributed by atoms with Crippen molar-refractivity contribution in [3.63, 3.8) is 0 Å². The Balaban J connectivity index is 1.61. The molecule has 1 aliphatic heterocycles. The fourth-order valence-electron chi connectivity index (χ4n) is 3.15. The van der Waals surface area contributed by atoms with E-state index >= 15 is 0 Å². The van der Waals surface area contributed by atoms with Crippen LogP contribution < -0.4 is 0 Å². The van der Waals surface area contributed by atoms with Crippen LogP contribution in [0, 0.1) is 0 Å². The Labute approximate surface area is 166 Å². The molecule has 3 rings (SSSR count). The van der Waals surface area contributed by atoms with Gasteiger partial charge in [0, 0.05) is 32.3 Å². The molecular formula is C21H26N2O4S. The van der Waals surface area contributed by atoms with Gasteiger partial charge >= 0.3 is 0 Å². The van der Waals surface area contributed by atoms with Crippen molar-refractivity contribution < 1.29 is 17.6 Å². The fourth-order valence-corrected chi connectivity index (χ4v) is 4.57. The van der Waals surface area contributed by atoms with Crippen molar-refractivity contribution in [1.82, 2.24) is 9.21 Å². The van der Waals surface area contributed by atoms with Crippen LogP contribution in [0.15, 0.2) is 58.1 Å². The number of carbonyl (C=O) groups is 1. The largest absolute Gasteiger partial charge is 0.465 e. The molecule has 0 bridgehead atoms. The van der Waals surface area contributed by atoms with Gasteiger partial charge in [-0.2, -0.15) is 4.31 Å². The second-order valence-electron chi connectivity index (χ2n) is 6.96. The van der Waals surface area contributed by atoms with Gasteiger partial charge < -0.3 is 9.32 Å². The minimum Gasteiger partial charge on any atom is -0.465 e. The first-order valence-electron chi connectivity index (χ1n) is 9.52. The number of hydrogen-bond acceptors (Lipinski definition) is 4. The molecule has 2 heterocycles. The van der Waals surface area contributed by atoms with Crippen molar-refractivity contribution >= 4 is 22.0 Å². The molecule has 6 nitrogen and oxygen atoms in total. The Bertz CT molecular complexity index is 910. The number of nitrogens with zero attached hydrogens (tertiary/aromatic N) is 2. The molecule has 150 valence electrons. The smallest absolute Gasteiger partial charge is 0.246 e. The third-order valence-electron chi connectivity index (χ3n) is 5.18. The zero-order valence-electron chi connectivity index (χ0n) is 16.2. The summed E-state index contributed by atoms with van der Waals surface area (Å²) in [5, 5.41) is 0. The van der Waals surface area contributed by atoms with Gasteiger partial charge in [0.1, 0.15) is 5.76 Å². The van der Waals surface area contributed by atoms with E-state index in [-0.39, 0.29) is 19.0 Å². The standard InChI is InChI=1S/C21H26N2O4S/c1-3-17(2)18-6-9-20(10-7-18)28(25,26)23-14-12-22(13-15-23)21(24)11-8-19-5-4-16-27-19/h4-11,16-17H,3,12-15H2,1-2H3. The van der Waals surface area contributed by atoms with Gasteiger partial charge in [-0.3, -0.25) is 4.79 Å². The van der Waals surface area contributed by atoms with E-state index in [0.717, 1.165) is 12.0 Å². The van der Waals surface area contributed by atoms with Crippen molar-refractivity contribution in [3.8, 4) is 0 Å². The zero-order chi connectivity index (χ0) is 20.1. The summed E-state index contributed by atoms with van der Waals surface area (Å²) >= 11 is 0. The van der Waals surface area contributed by atoms with Crippen molar-refractivity contribution in [1.29, 1.82) is 0 Å². The molecule has 2 aromatic rings. The number of furan rings is 1. The lowest BCUT2D eigenvalue weighted by Crippen LogP contribution is -2.50. The molecule has 1 saturated heterocycles. The average molecular weight is 403 g/mol. The van der Waals surface area contributed by atoms with Crippen molar-refractivity contribution in [2.75, 3.05) is 26.2 Å². The Morgan fingerprint density at radius 1 is 1.14 bits per heavy atom. The molecule has 28 heavy (non-hydrogen) atoms. The zero-order valence-corrected chi connectivity index (χ0v) is 17.1. The number of hydrogen-bond donors (Lipinski definition) is 0. The van der Waals surface area contributed by atoms with Crippen LogP contribution in [0.3, 0.4) is 0 Å². The highest BCUT2D eigenvalue weighted by Crippen LogP contribution is 2.23. The molecule has 1 fully saturated rings. The van der Waals surface area contributed by atoms with Crippen LogP contribution >= 0.6 is 0 Å². The van der Waals surface area contributed by atoms with Crippen LogP contribution in [-0.4, -0.2) is 49.7 Å². The van der Waals surface area contributed by atoms with Crippen LogP contribution in [0.25, 0.3) is 6.08 Å². The lowest BCUT2D eigenvalue weighted by Gasteiger charge is -2.33. The molecule has 0 N–H and O–H groups in total. The van der Waals surface area contributed by atoms with E-state index in [2.05, 4.69) is 13.8 Å².